The Labute approximate surface area is 191 Å². The molecule has 0 bridgehead atoms. The fraction of sp³-hybridized carbons (Fsp3) is 0.316. The van der Waals surface area contributed by atoms with E-state index in [-0.39, 0.29) is 46.7 Å². The quantitative estimate of drug-likeness (QED) is 0.508. The highest BCUT2D eigenvalue weighted by atomic mass is 79.9. The van der Waals surface area contributed by atoms with Gasteiger partial charge in [0.15, 0.2) is 11.0 Å². The number of amides is 1. The first-order chi connectivity index (χ1) is 14.9. The molecule has 162 valence electrons. The van der Waals surface area contributed by atoms with Gasteiger partial charge in [-0.2, -0.15) is 4.31 Å². The van der Waals surface area contributed by atoms with Crippen LogP contribution >= 0.6 is 27.5 Å². The number of aromatic nitrogens is 2. The Hall–Kier alpha value is -2.21. The van der Waals surface area contributed by atoms with Crippen LogP contribution < -0.4 is 4.90 Å². The minimum atomic E-state index is -3.84. The number of carbonyl (C=O) groups is 1. The second kappa shape index (κ2) is 7.73. The van der Waals surface area contributed by atoms with E-state index < -0.39 is 16.1 Å². The van der Waals surface area contributed by atoms with Crippen LogP contribution in [0.5, 0.6) is 0 Å². The Bertz CT molecular complexity index is 1290. The van der Waals surface area contributed by atoms with E-state index in [1.165, 1.54) is 16.4 Å². The molecular formula is C19H16BrClN4O5S. The minimum Gasteiger partial charge on any atom is -0.444 e. The number of piperidine rings is 1. The fourth-order valence-corrected chi connectivity index (χ4v) is 6.24. The molecule has 0 saturated carbocycles. The van der Waals surface area contributed by atoms with E-state index in [1.54, 1.807) is 4.90 Å². The molecule has 0 aliphatic carbocycles. The van der Waals surface area contributed by atoms with Crippen molar-refractivity contribution in [3.63, 3.8) is 0 Å². The molecule has 5 rings (SSSR count). The van der Waals surface area contributed by atoms with Gasteiger partial charge in [0.2, 0.25) is 10.0 Å². The molecule has 9 nitrogen and oxygen atoms in total. The van der Waals surface area contributed by atoms with E-state index in [0.717, 1.165) is 15.7 Å². The summed E-state index contributed by atoms with van der Waals surface area (Å²) in [5.74, 6) is 0. The zero-order valence-electron chi connectivity index (χ0n) is 16.0. The largest absolute Gasteiger partial charge is 0.444 e. The molecule has 0 N–H and O–H groups in total. The highest BCUT2D eigenvalue weighted by Crippen LogP contribution is 2.35. The van der Waals surface area contributed by atoms with Crippen molar-refractivity contribution in [3.8, 4) is 0 Å². The third-order valence-corrected chi connectivity index (χ3v) is 8.31. The first kappa shape index (κ1) is 20.7. The van der Waals surface area contributed by atoms with E-state index in [9.17, 15) is 13.2 Å². The summed E-state index contributed by atoms with van der Waals surface area (Å²) < 4.78 is 38.8. The second-order valence-electron chi connectivity index (χ2n) is 7.34. The van der Waals surface area contributed by atoms with Gasteiger partial charge in [0.25, 0.3) is 0 Å². The molecular weight excluding hydrogens is 512 g/mol. The number of halogens is 2. The number of benzene rings is 2. The van der Waals surface area contributed by atoms with Crippen molar-refractivity contribution < 1.29 is 22.6 Å². The molecule has 12 heteroatoms. The first-order valence-corrected chi connectivity index (χ1v) is 12.1. The maximum Gasteiger partial charge on any atom is 0.414 e. The van der Waals surface area contributed by atoms with Gasteiger partial charge in [-0.25, -0.2) is 17.8 Å². The summed E-state index contributed by atoms with van der Waals surface area (Å²) in [7, 11) is -3.84. The smallest absolute Gasteiger partial charge is 0.414 e. The Kier molecular flexibility index (Phi) is 5.16. The average Bonchev–Trinajstić information content (AvgIpc) is 3.25. The number of hydrogen-bond donors (Lipinski definition) is 0. The van der Waals surface area contributed by atoms with Crippen molar-refractivity contribution in [1.29, 1.82) is 0 Å². The van der Waals surface area contributed by atoms with Crippen LogP contribution in [0.3, 0.4) is 0 Å². The van der Waals surface area contributed by atoms with Crippen LogP contribution in [0.4, 0.5) is 10.5 Å². The lowest BCUT2D eigenvalue weighted by Gasteiger charge is -2.39. The number of cyclic esters (lactones) is 1. The van der Waals surface area contributed by atoms with Gasteiger partial charge in [0.05, 0.1) is 10.7 Å². The second-order valence-corrected chi connectivity index (χ2v) is 10.6. The van der Waals surface area contributed by atoms with Crippen molar-refractivity contribution in [2.24, 2.45) is 0 Å². The molecule has 3 heterocycles. The van der Waals surface area contributed by atoms with Crippen LogP contribution in [0.1, 0.15) is 18.4 Å². The van der Waals surface area contributed by atoms with Crippen LogP contribution in [-0.4, -0.2) is 48.3 Å². The molecule has 0 unspecified atom stereocenters. The summed E-state index contributed by atoms with van der Waals surface area (Å²) in [6, 6.07) is 8.38. The van der Waals surface area contributed by atoms with Gasteiger partial charge >= 0.3 is 6.09 Å². The Morgan fingerprint density at radius 1 is 1.10 bits per heavy atom. The van der Waals surface area contributed by atoms with Crippen LogP contribution in [0.15, 0.2) is 44.3 Å². The highest BCUT2D eigenvalue weighted by molar-refractivity contribution is 9.10. The standard InChI is InChI=1S/C19H16BrClN4O5S/c20-12-1-3-15-11(9-12)10-29-19(26)25(15)13-5-7-24(8-6-13)31(27,28)16-4-2-14(21)17-18(16)23-30-22-17/h1-4,9,13H,5-8,10H2. The van der Waals surface area contributed by atoms with Crippen LogP contribution in [0, 0.1) is 0 Å². The van der Waals surface area contributed by atoms with Crippen molar-refractivity contribution in [3.05, 3.63) is 45.4 Å². The summed E-state index contributed by atoms with van der Waals surface area (Å²) in [4.78, 5) is 14.1. The summed E-state index contributed by atoms with van der Waals surface area (Å²) in [5, 5.41) is 7.67. The number of fused-ring (bicyclic) bond motifs is 2. The van der Waals surface area contributed by atoms with Gasteiger partial charge in [-0.05, 0) is 53.5 Å². The van der Waals surface area contributed by atoms with Crippen molar-refractivity contribution in [1.82, 2.24) is 14.6 Å². The van der Waals surface area contributed by atoms with E-state index in [0.29, 0.717) is 12.8 Å². The van der Waals surface area contributed by atoms with Gasteiger partial charge in [-0.1, -0.05) is 27.5 Å². The minimum absolute atomic E-state index is 0.000761. The third kappa shape index (κ3) is 3.49. The molecule has 3 aromatic rings. The predicted molar refractivity (Wildman–Crippen MR) is 115 cm³/mol. The molecule has 1 amide bonds. The molecule has 2 aromatic carbocycles. The third-order valence-electron chi connectivity index (χ3n) is 5.58. The first-order valence-electron chi connectivity index (χ1n) is 9.51. The number of rotatable bonds is 3. The highest BCUT2D eigenvalue weighted by Gasteiger charge is 2.38. The molecule has 2 aliphatic heterocycles. The number of carbonyl (C=O) groups excluding carboxylic acids is 1. The van der Waals surface area contributed by atoms with Crippen LogP contribution in [0.25, 0.3) is 11.0 Å². The van der Waals surface area contributed by atoms with Crippen LogP contribution in [-0.2, 0) is 21.4 Å². The molecule has 1 aromatic heterocycles. The topological polar surface area (TPSA) is 106 Å². The van der Waals surface area contributed by atoms with Gasteiger partial charge in [0.1, 0.15) is 11.5 Å². The van der Waals surface area contributed by atoms with Gasteiger partial charge in [0, 0.05) is 29.2 Å². The lowest BCUT2D eigenvalue weighted by atomic mass is 10.0. The maximum absolute atomic E-state index is 13.3. The summed E-state index contributed by atoms with van der Waals surface area (Å²) >= 11 is 9.49. The number of ether oxygens (including phenoxy) is 1. The van der Waals surface area contributed by atoms with E-state index in [2.05, 4.69) is 30.9 Å². The van der Waals surface area contributed by atoms with E-state index >= 15 is 0 Å². The molecule has 31 heavy (non-hydrogen) atoms. The number of sulfonamides is 1. The normalized spacial score (nSPS) is 18.3. The number of hydrogen-bond acceptors (Lipinski definition) is 7. The maximum atomic E-state index is 13.3. The van der Waals surface area contributed by atoms with Crippen molar-refractivity contribution in [2.45, 2.75) is 30.4 Å². The fourth-order valence-electron chi connectivity index (χ4n) is 4.06. The zero-order valence-corrected chi connectivity index (χ0v) is 19.2. The molecule has 1 fully saturated rings. The SMILES string of the molecule is O=C1OCc2cc(Br)ccc2N1C1CCN(S(=O)(=O)c2ccc(Cl)c3nonc23)CC1. The Morgan fingerprint density at radius 3 is 2.61 bits per heavy atom. The molecule has 0 radical (unpaired) electrons. The summed E-state index contributed by atoms with van der Waals surface area (Å²) in [5.41, 5.74) is 2.02. The number of anilines is 1. The number of nitrogens with zero attached hydrogens (tertiary/aromatic N) is 4. The molecule has 2 aliphatic rings. The van der Waals surface area contributed by atoms with Crippen molar-refractivity contribution in [2.75, 3.05) is 18.0 Å². The summed E-state index contributed by atoms with van der Waals surface area (Å²) in [6.07, 6.45) is 0.527. The van der Waals surface area contributed by atoms with Crippen LogP contribution in [0.2, 0.25) is 5.02 Å². The summed E-state index contributed by atoms with van der Waals surface area (Å²) in [6.45, 7) is 0.714. The molecule has 0 spiro atoms. The van der Waals surface area contributed by atoms with Gasteiger partial charge in [-0.3, -0.25) is 4.90 Å². The van der Waals surface area contributed by atoms with Gasteiger partial charge < -0.3 is 4.74 Å². The monoisotopic (exact) mass is 526 g/mol. The molecule has 1 saturated heterocycles. The zero-order chi connectivity index (χ0) is 21.8. The lowest BCUT2D eigenvalue weighted by molar-refractivity contribution is 0.135. The van der Waals surface area contributed by atoms with Crippen molar-refractivity contribution >= 4 is 60.4 Å². The van der Waals surface area contributed by atoms with E-state index in [4.69, 9.17) is 16.3 Å². The average molecular weight is 528 g/mol. The Morgan fingerprint density at radius 2 is 1.84 bits per heavy atom. The lowest BCUT2D eigenvalue weighted by Crippen LogP contribution is -2.50. The predicted octanol–water partition coefficient (Wildman–Crippen LogP) is 3.95. The Balaban J connectivity index is 1.39. The molecule has 0 atom stereocenters. The van der Waals surface area contributed by atoms with E-state index in [1.807, 2.05) is 18.2 Å². The van der Waals surface area contributed by atoms with Gasteiger partial charge in [-0.15, -0.1) is 0 Å².